The van der Waals surface area contributed by atoms with Crippen molar-refractivity contribution in [2.45, 2.75) is 6.42 Å². The van der Waals surface area contributed by atoms with Crippen LogP contribution in [0.3, 0.4) is 0 Å². The van der Waals surface area contributed by atoms with E-state index in [4.69, 9.17) is 0 Å². The molecule has 0 amide bonds. The first kappa shape index (κ1) is 7.18. The summed E-state index contributed by atoms with van der Waals surface area (Å²) in [6.45, 7) is 0. The lowest BCUT2D eigenvalue weighted by Gasteiger charge is -2.21. The van der Waals surface area contributed by atoms with E-state index in [0.29, 0.717) is 6.42 Å². The van der Waals surface area contributed by atoms with Crippen LogP contribution < -0.4 is 5.06 Å². The summed E-state index contributed by atoms with van der Waals surface area (Å²) in [5, 5.41) is 19.5. The Hall–Kier alpha value is -1.48. The molecule has 0 atom stereocenters. The number of anilines is 1. The van der Waals surface area contributed by atoms with Crippen LogP contribution in [-0.2, 0) is 6.42 Å². The number of para-hydroxylation sites is 1. The van der Waals surface area contributed by atoms with Gasteiger partial charge in [-0.05, 0) is 11.6 Å². The molecule has 3 nitrogen and oxygen atoms in total. The van der Waals surface area contributed by atoms with Gasteiger partial charge < -0.3 is 5.11 Å². The summed E-state index contributed by atoms with van der Waals surface area (Å²) >= 11 is 0. The second kappa shape index (κ2) is 2.53. The summed E-state index contributed by atoms with van der Waals surface area (Å²) < 4.78 is 0. The molecule has 0 bridgehead atoms. The molecule has 0 spiro atoms. The molecule has 1 aliphatic rings. The number of fused-ring (bicyclic) bond motifs is 1. The van der Waals surface area contributed by atoms with Crippen LogP contribution in [-0.4, -0.2) is 10.3 Å². The summed E-state index contributed by atoms with van der Waals surface area (Å²) in [6.07, 6.45) is 1.80. The van der Waals surface area contributed by atoms with Crippen molar-refractivity contribution >= 4 is 5.69 Å². The molecule has 0 aromatic heterocycles. The molecule has 1 heterocycles. The van der Waals surface area contributed by atoms with Crippen LogP contribution in [0.4, 0.5) is 5.69 Å². The van der Waals surface area contributed by atoms with Gasteiger partial charge in [0.1, 0.15) is 5.76 Å². The van der Waals surface area contributed by atoms with E-state index in [-0.39, 0.29) is 5.76 Å². The minimum Gasteiger partial charge on any atom is -0.510 e. The number of benzene rings is 1. The largest absolute Gasteiger partial charge is 0.510 e. The van der Waals surface area contributed by atoms with E-state index >= 15 is 0 Å². The van der Waals surface area contributed by atoms with Crippen molar-refractivity contribution in [3.05, 3.63) is 41.8 Å². The number of aliphatic hydroxyl groups is 1. The number of rotatable bonds is 0. The lowest BCUT2D eigenvalue weighted by molar-refractivity contribution is 0.278. The maximum absolute atomic E-state index is 9.33. The fraction of sp³-hybridized carbons (Fsp3) is 0.111. The van der Waals surface area contributed by atoms with Crippen LogP contribution >= 0.6 is 0 Å². The monoisotopic (exact) mass is 163 g/mol. The molecule has 0 fully saturated rings. The Morgan fingerprint density at radius 3 is 2.83 bits per heavy atom. The molecule has 0 aliphatic carbocycles. The zero-order chi connectivity index (χ0) is 8.55. The van der Waals surface area contributed by atoms with Gasteiger partial charge in [-0.15, -0.1) is 0 Å². The lowest BCUT2D eigenvalue weighted by atomic mass is 10.1. The van der Waals surface area contributed by atoms with Gasteiger partial charge in [0.15, 0.2) is 0 Å². The van der Waals surface area contributed by atoms with Gasteiger partial charge in [0.25, 0.3) is 0 Å². The SMILES string of the molecule is OC1=CN(O)c2ccccc2C1. The zero-order valence-electron chi connectivity index (χ0n) is 6.44. The molecule has 12 heavy (non-hydrogen) atoms. The second-order valence-corrected chi connectivity index (χ2v) is 2.77. The highest BCUT2D eigenvalue weighted by atomic mass is 16.5. The molecule has 2 rings (SSSR count). The highest BCUT2D eigenvalue weighted by molar-refractivity contribution is 5.56. The van der Waals surface area contributed by atoms with Crippen LogP contribution in [0, 0.1) is 0 Å². The fourth-order valence-corrected chi connectivity index (χ4v) is 1.34. The Morgan fingerprint density at radius 1 is 1.25 bits per heavy atom. The third-order valence-electron chi connectivity index (χ3n) is 1.88. The number of allylic oxidation sites excluding steroid dienone is 1. The van der Waals surface area contributed by atoms with Crippen molar-refractivity contribution in [1.29, 1.82) is 0 Å². The van der Waals surface area contributed by atoms with E-state index in [1.54, 1.807) is 6.07 Å². The molecule has 1 aromatic carbocycles. The number of hydrogen-bond donors (Lipinski definition) is 2. The second-order valence-electron chi connectivity index (χ2n) is 2.77. The standard InChI is InChI=1S/C9H9NO2/c11-8-5-7-3-1-2-4-9(7)10(12)6-8/h1-4,6,11-12H,5H2. The van der Waals surface area contributed by atoms with Crippen LogP contribution in [0.2, 0.25) is 0 Å². The third kappa shape index (κ3) is 1.04. The summed E-state index contributed by atoms with van der Waals surface area (Å²) in [4.78, 5) is 0. The summed E-state index contributed by atoms with van der Waals surface area (Å²) in [7, 11) is 0. The minimum atomic E-state index is 0.177. The number of nitrogens with zero attached hydrogens (tertiary/aromatic N) is 1. The van der Waals surface area contributed by atoms with Crippen molar-refractivity contribution in [2.24, 2.45) is 0 Å². The number of hydrogen-bond acceptors (Lipinski definition) is 3. The van der Waals surface area contributed by atoms with E-state index in [9.17, 15) is 10.3 Å². The first-order valence-corrected chi connectivity index (χ1v) is 3.73. The Labute approximate surface area is 70.1 Å². The highest BCUT2D eigenvalue weighted by Gasteiger charge is 2.14. The van der Waals surface area contributed by atoms with Crippen LogP contribution in [0.25, 0.3) is 0 Å². The van der Waals surface area contributed by atoms with E-state index < -0.39 is 0 Å². The fourth-order valence-electron chi connectivity index (χ4n) is 1.34. The average Bonchev–Trinajstić information content (AvgIpc) is 2.04. The van der Waals surface area contributed by atoms with Crippen molar-refractivity contribution in [3.63, 3.8) is 0 Å². The van der Waals surface area contributed by atoms with E-state index in [0.717, 1.165) is 16.3 Å². The quantitative estimate of drug-likeness (QED) is 0.613. The molecule has 1 aliphatic heterocycles. The Bertz CT molecular complexity index is 333. The van der Waals surface area contributed by atoms with Crippen LogP contribution in [0.5, 0.6) is 0 Å². The predicted molar refractivity (Wildman–Crippen MR) is 45.1 cm³/mol. The zero-order valence-corrected chi connectivity index (χ0v) is 6.44. The van der Waals surface area contributed by atoms with Crippen molar-refractivity contribution in [3.8, 4) is 0 Å². The van der Waals surface area contributed by atoms with Gasteiger partial charge in [-0.3, -0.25) is 5.21 Å². The molecule has 62 valence electrons. The molecule has 0 saturated heterocycles. The molecule has 2 N–H and O–H groups in total. The molecule has 0 saturated carbocycles. The van der Waals surface area contributed by atoms with Gasteiger partial charge in [0, 0.05) is 6.42 Å². The smallest absolute Gasteiger partial charge is 0.115 e. The van der Waals surface area contributed by atoms with Crippen molar-refractivity contribution < 1.29 is 10.3 Å². The minimum absolute atomic E-state index is 0.177. The molecule has 1 aromatic rings. The normalized spacial score (nSPS) is 15.4. The van der Waals surface area contributed by atoms with Gasteiger partial charge in [-0.2, -0.15) is 0 Å². The van der Waals surface area contributed by atoms with Gasteiger partial charge in [0.05, 0.1) is 11.9 Å². The molecular formula is C9H9NO2. The molecule has 0 unspecified atom stereocenters. The van der Waals surface area contributed by atoms with Gasteiger partial charge in [0.2, 0.25) is 0 Å². The summed E-state index contributed by atoms with van der Waals surface area (Å²) in [5.41, 5.74) is 1.66. The topological polar surface area (TPSA) is 43.7 Å². The average molecular weight is 163 g/mol. The molecule has 3 heteroatoms. The van der Waals surface area contributed by atoms with Crippen molar-refractivity contribution in [2.75, 3.05) is 5.06 Å². The van der Waals surface area contributed by atoms with E-state index in [2.05, 4.69) is 0 Å². The van der Waals surface area contributed by atoms with Gasteiger partial charge in [-0.1, -0.05) is 18.2 Å². The van der Waals surface area contributed by atoms with Gasteiger partial charge in [-0.25, -0.2) is 5.06 Å². The Kier molecular flexibility index (Phi) is 1.52. The summed E-state index contributed by atoms with van der Waals surface area (Å²) in [5.74, 6) is 0.177. The van der Waals surface area contributed by atoms with Crippen LogP contribution in [0.1, 0.15) is 5.56 Å². The molecule has 0 radical (unpaired) electrons. The Balaban J connectivity index is 2.48. The number of aliphatic hydroxyl groups excluding tert-OH is 1. The predicted octanol–water partition coefficient (Wildman–Crippen LogP) is 1.84. The van der Waals surface area contributed by atoms with Crippen molar-refractivity contribution in [1.82, 2.24) is 0 Å². The maximum atomic E-state index is 9.33. The first-order valence-electron chi connectivity index (χ1n) is 3.73. The van der Waals surface area contributed by atoms with Crippen LogP contribution in [0.15, 0.2) is 36.2 Å². The Morgan fingerprint density at radius 2 is 2.00 bits per heavy atom. The lowest BCUT2D eigenvalue weighted by Crippen LogP contribution is -2.17. The van der Waals surface area contributed by atoms with E-state index in [1.807, 2.05) is 18.2 Å². The summed E-state index contributed by atoms with van der Waals surface area (Å²) in [6, 6.07) is 7.41. The van der Waals surface area contributed by atoms with E-state index in [1.165, 1.54) is 6.20 Å². The van der Waals surface area contributed by atoms with Gasteiger partial charge >= 0.3 is 0 Å². The maximum Gasteiger partial charge on any atom is 0.115 e. The third-order valence-corrected chi connectivity index (χ3v) is 1.88. The highest BCUT2D eigenvalue weighted by Crippen LogP contribution is 2.25. The molecular weight excluding hydrogens is 154 g/mol. The first-order chi connectivity index (χ1) is 5.77. The number of hydroxylamine groups is 1.